The molecule has 2 aromatic carbocycles. The number of sulfonamides is 1. The molecular weight excluding hydrogens is 420 g/mol. The van der Waals surface area contributed by atoms with Crippen molar-refractivity contribution in [3.63, 3.8) is 0 Å². The fourth-order valence-corrected chi connectivity index (χ4v) is 5.38. The molecule has 0 heterocycles. The Morgan fingerprint density at radius 2 is 1.67 bits per heavy atom. The van der Waals surface area contributed by atoms with E-state index in [0.29, 0.717) is 10.7 Å². The summed E-state index contributed by atoms with van der Waals surface area (Å²) >= 11 is 6.26. The van der Waals surface area contributed by atoms with Crippen molar-refractivity contribution in [1.29, 1.82) is 0 Å². The highest BCUT2D eigenvalue weighted by Gasteiger charge is 2.28. The number of rotatable bonds is 6. The molecule has 1 saturated carbocycles. The van der Waals surface area contributed by atoms with Gasteiger partial charge in [0.2, 0.25) is 5.91 Å². The van der Waals surface area contributed by atoms with Crippen LogP contribution in [-0.4, -0.2) is 26.9 Å². The zero-order chi connectivity index (χ0) is 21.6. The number of halogens is 1. The first-order valence-electron chi connectivity index (χ1n) is 10.5. The minimum atomic E-state index is -3.92. The van der Waals surface area contributed by atoms with E-state index in [1.165, 1.54) is 31.4 Å². The molecule has 1 amide bonds. The summed E-state index contributed by atoms with van der Waals surface area (Å²) in [6.45, 7) is 1.57. The van der Waals surface area contributed by atoms with Crippen LogP contribution in [0.15, 0.2) is 53.4 Å². The van der Waals surface area contributed by atoms with Crippen molar-refractivity contribution in [2.75, 3.05) is 10.8 Å². The fraction of sp³-hybridized carbons (Fsp3) is 0.435. The van der Waals surface area contributed by atoms with Gasteiger partial charge in [-0.3, -0.25) is 9.10 Å². The molecule has 2 aromatic rings. The summed E-state index contributed by atoms with van der Waals surface area (Å²) in [5.41, 5.74) is 1.22. The van der Waals surface area contributed by atoms with Gasteiger partial charge in [-0.1, -0.05) is 68.0 Å². The van der Waals surface area contributed by atoms with E-state index in [0.717, 1.165) is 35.6 Å². The van der Waals surface area contributed by atoms with Gasteiger partial charge in [-0.2, -0.15) is 0 Å². The van der Waals surface area contributed by atoms with Gasteiger partial charge >= 0.3 is 0 Å². The lowest BCUT2D eigenvalue weighted by Crippen LogP contribution is -2.44. The molecule has 162 valence electrons. The molecule has 3 rings (SSSR count). The lowest BCUT2D eigenvalue weighted by Gasteiger charge is -2.26. The normalized spacial score (nSPS) is 15.8. The minimum Gasteiger partial charge on any atom is -0.352 e. The second kappa shape index (κ2) is 10.3. The first kappa shape index (κ1) is 22.6. The van der Waals surface area contributed by atoms with Crippen LogP contribution in [0.1, 0.15) is 50.5 Å². The number of carbonyl (C=O) groups excluding carboxylic acids is 1. The quantitative estimate of drug-likeness (QED) is 0.670. The molecule has 1 N–H and O–H groups in total. The Hall–Kier alpha value is -2.05. The number of benzene rings is 2. The van der Waals surface area contributed by atoms with Gasteiger partial charge in [-0.25, -0.2) is 8.42 Å². The highest BCUT2D eigenvalue weighted by molar-refractivity contribution is 7.92. The maximum atomic E-state index is 13.4. The summed E-state index contributed by atoms with van der Waals surface area (Å²) in [6, 6.07) is 13.3. The van der Waals surface area contributed by atoms with Gasteiger partial charge in [0.05, 0.1) is 10.6 Å². The van der Waals surface area contributed by atoms with Crippen molar-refractivity contribution in [3.8, 4) is 0 Å². The van der Waals surface area contributed by atoms with E-state index in [9.17, 15) is 13.2 Å². The molecule has 0 radical (unpaired) electrons. The Morgan fingerprint density at radius 3 is 2.30 bits per heavy atom. The Morgan fingerprint density at radius 1 is 1.03 bits per heavy atom. The van der Waals surface area contributed by atoms with Crippen LogP contribution in [0.5, 0.6) is 0 Å². The Labute approximate surface area is 184 Å². The van der Waals surface area contributed by atoms with Crippen molar-refractivity contribution < 1.29 is 13.2 Å². The van der Waals surface area contributed by atoms with Gasteiger partial charge in [0.25, 0.3) is 10.0 Å². The maximum Gasteiger partial charge on any atom is 0.264 e. The number of hydrogen-bond acceptors (Lipinski definition) is 3. The van der Waals surface area contributed by atoms with Gasteiger partial charge in [0, 0.05) is 11.1 Å². The van der Waals surface area contributed by atoms with Crippen LogP contribution < -0.4 is 9.62 Å². The van der Waals surface area contributed by atoms with Crippen molar-refractivity contribution in [1.82, 2.24) is 5.32 Å². The molecule has 5 nitrogen and oxygen atoms in total. The molecule has 0 atom stereocenters. The predicted molar refractivity (Wildman–Crippen MR) is 121 cm³/mol. The Kier molecular flexibility index (Phi) is 7.78. The van der Waals surface area contributed by atoms with Crippen molar-refractivity contribution >= 4 is 33.2 Å². The number of aryl methyl sites for hydroxylation is 1. The highest BCUT2D eigenvalue weighted by Crippen LogP contribution is 2.28. The van der Waals surface area contributed by atoms with Crippen LogP contribution >= 0.6 is 11.6 Å². The van der Waals surface area contributed by atoms with E-state index >= 15 is 0 Å². The Bertz CT molecular complexity index is 956. The highest BCUT2D eigenvalue weighted by atomic mass is 35.5. The number of hydrogen-bond donors (Lipinski definition) is 1. The van der Waals surface area contributed by atoms with Crippen LogP contribution in [0.2, 0.25) is 5.02 Å². The zero-order valence-corrected chi connectivity index (χ0v) is 18.9. The molecule has 0 bridgehead atoms. The lowest BCUT2D eigenvalue weighted by molar-refractivity contribution is -0.120. The average molecular weight is 449 g/mol. The molecule has 1 aliphatic carbocycles. The van der Waals surface area contributed by atoms with E-state index in [2.05, 4.69) is 5.32 Å². The van der Waals surface area contributed by atoms with Gasteiger partial charge in [-0.15, -0.1) is 0 Å². The molecule has 0 spiro atoms. The average Bonchev–Trinajstić information content (AvgIpc) is 2.71. The molecular formula is C23H29ClN2O3S. The van der Waals surface area contributed by atoms with Crippen molar-refractivity contribution in [2.45, 2.75) is 62.8 Å². The molecule has 0 unspecified atom stereocenters. The number of anilines is 1. The topological polar surface area (TPSA) is 66.5 Å². The van der Waals surface area contributed by atoms with Gasteiger partial charge in [-0.05, 0) is 49.6 Å². The summed E-state index contributed by atoms with van der Waals surface area (Å²) < 4.78 is 27.9. The third kappa shape index (κ3) is 5.76. The smallest absolute Gasteiger partial charge is 0.264 e. The largest absolute Gasteiger partial charge is 0.352 e. The zero-order valence-electron chi connectivity index (χ0n) is 17.3. The summed E-state index contributed by atoms with van der Waals surface area (Å²) in [5.74, 6) is -0.295. The van der Waals surface area contributed by atoms with Gasteiger partial charge < -0.3 is 5.32 Å². The molecule has 30 heavy (non-hydrogen) atoms. The van der Waals surface area contributed by atoms with Gasteiger partial charge in [0.15, 0.2) is 0 Å². The SMILES string of the molecule is Cc1ccc(N(CC(=O)NC2CCCCCCC2)S(=O)(=O)c2ccccc2)cc1Cl. The van der Waals surface area contributed by atoms with E-state index in [1.54, 1.807) is 36.4 Å². The van der Waals surface area contributed by atoms with Crippen LogP contribution in [-0.2, 0) is 14.8 Å². The third-order valence-corrected chi connectivity index (χ3v) is 7.73. The summed E-state index contributed by atoms with van der Waals surface area (Å²) in [7, 11) is -3.92. The van der Waals surface area contributed by atoms with E-state index < -0.39 is 10.0 Å². The van der Waals surface area contributed by atoms with Crippen LogP contribution in [0, 0.1) is 6.92 Å². The first-order chi connectivity index (χ1) is 14.4. The monoisotopic (exact) mass is 448 g/mol. The standard InChI is InChI=1S/C23H29ClN2O3S/c1-18-14-15-20(16-22(18)24)26(30(28,29)21-12-8-5-9-13-21)17-23(27)25-19-10-6-3-2-4-7-11-19/h5,8-9,12-16,19H,2-4,6-7,10-11,17H2,1H3,(H,25,27). The summed E-state index contributed by atoms with van der Waals surface area (Å²) in [5, 5.41) is 3.52. The molecule has 0 aromatic heterocycles. The summed E-state index contributed by atoms with van der Waals surface area (Å²) in [4.78, 5) is 13.0. The van der Waals surface area contributed by atoms with E-state index in [1.807, 2.05) is 6.92 Å². The number of nitrogens with one attached hydrogen (secondary N) is 1. The number of nitrogens with zero attached hydrogens (tertiary/aromatic N) is 1. The first-order valence-corrected chi connectivity index (χ1v) is 12.3. The fourth-order valence-electron chi connectivity index (χ4n) is 3.78. The van der Waals surface area contributed by atoms with Crippen LogP contribution in [0.4, 0.5) is 5.69 Å². The van der Waals surface area contributed by atoms with E-state index in [4.69, 9.17) is 11.6 Å². The van der Waals surface area contributed by atoms with Gasteiger partial charge in [0.1, 0.15) is 6.54 Å². The lowest BCUT2D eigenvalue weighted by atomic mass is 9.97. The Balaban J connectivity index is 1.85. The second-order valence-corrected chi connectivity index (χ2v) is 10.1. The number of carbonyl (C=O) groups is 1. The molecule has 1 fully saturated rings. The van der Waals surface area contributed by atoms with Crippen LogP contribution in [0.3, 0.4) is 0 Å². The third-order valence-electron chi connectivity index (χ3n) is 5.53. The van der Waals surface area contributed by atoms with Crippen LogP contribution in [0.25, 0.3) is 0 Å². The molecule has 0 saturated heterocycles. The summed E-state index contributed by atoms with van der Waals surface area (Å²) in [6.07, 6.45) is 7.67. The minimum absolute atomic E-state index is 0.0979. The maximum absolute atomic E-state index is 13.4. The van der Waals surface area contributed by atoms with E-state index in [-0.39, 0.29) is 23.4 Å². The van der Waals surface area contributed by atoms with Crippen molar-refractivity contribution in [2.24, 2.45) is 0 Å². The second-order valence-electron chi connectivity index (χ2n) is 7.87. The molecule has 0 aliphatic heterocycles. The predicted octanol–water partition coefficient (Wildman–Crippen LogP) is 5.07. The number of amides is 1. The van der Waals surface area contributed by atoms with Crippen molar-refractivity contribution in [3.05, 3.63) is 59.1 Å². The molecule has 1 aliphatic rings. The molecule has 7 heteroatoms.